The lowest BCUT2D eigenvalue weighted by molar-refractivity contribution is -0.107. The summed E-state index contributed by atoms with van der Waals surface area (Å²) < 4.78 is 68.0. The fraction of sp³-hybridized carbons (Fsp3) is 0.136. The Morgan fingerprint density at radius 1 is 1.10 bits per heavy atom. The van der Waals surface area contributed by atoms with Crippen LogP contribution in [-0.4, -0.2) is 42.2 Å². The number of nitrogens with zero attached hydrogens (tertiary/aromatic N) is 1. The zero-order chi connectivity index (χ0) is 29.1. The van der Waals surface area contributed by atoms with Gasteiger partial charge in [0, 0.05) is 11.1 Å². The van der Waals surface area contributed by atoms with Gasteiger partial charge in [-0.25, -0.2) is 4.79 Å². The van der Waals surface area contributed by atoms with E-state index < -0.39 is 28.0 Å². The number of hydrogen-bond donors (Lipinski definition) is 3. The average Bonchev–Trinajstić information content (AvgIpc) is 3.20. The average molecular weight is 661 g/mol. The maximum absolute atomic E-state index is 12.9. The first-order valence-corrected chi connectivity index (χ1v) is 14.3. The molecule has 0 unspecified atom stereocenters. The number of thiophene rings is 1. The first-order chi connectivity index (χ1) is 18.1. The van der Waals surface area contributed by atoms with Crippen LogP contribution >= 0.6 is 58.4 Å². The topological polar surface area (TPSA) is 117 Å². The summed E-state index contributed by atoms with van der Waals surface area (Å²) in [6.07, 6.45) is -5.03. The number of thiocarbonyl (C=S) groups is 1. The van der Waals surface area contributed by atoms with Crippen LogP contribution < -0.4 is 14.9 Å². The molecule has 0 fully saturated rings. The largest absolute Gasteiger partial charge is 0.478 e. The minimum absolute atomic E-state index is 0.0371. The molecule has 0 saturated carbocycles. The van der Waals surface area contributed by atoms with Crippen molar-refractivity contribution in [1.29, 1.82) is 0 Å². The molecule has 0 atom stereocenters. The van der Waals surface area contributed by atoms with Gasteiger partial charge in [0.15, 0.2) is 16.6 Å². The molecule has 0 amide bonds. The summed E-state index contributed by atoms with van der Waals surface area (Å²) in [4.78, 5) is 11.3. The minimum atomic E-state index is -5.10. The van der Waals surface area contributed by atoms with Crippen LogP contribution in [0.5, 0.6) is 5.75 Å². The number of rotatable bonds is 8. The van der Waals surface area contributed by atoms with Crippen molar-refractivity contribution in [3.63, 3.8) is 0 Å². The SMILES string of the molecule is CC(=NNC(=S)Nc1ccc(C(=O)O)c(Cl)c1)c1csc(-c2ccc(Cl)c(Cl)c2)c1OS(=O)(=O)CC(F)(F)F. The Bertz CT molecular complexity index is 1580. The van der Waals surface area contributed by atoms with Gasteiger partial charge < -0.3 is 14.6 Å². The Hall–Kier alpha value is -2.62. The number of hydrazone groups is 1. The predicted molar refractivity (Wildman–Crippen MR) is 150 cm³/mol. The molecule has 1 heterocycles. The minimum Gasteiger partial charge on any atom is -0.478 e. The zero-order valence-electron chi connectivity index (χ0n) is 19.3. The lowest BCUT2D eigenvalue weighted by atomic mass is 10.1. The molecular formula is C22H15Cl3F3N3O5S3. The molecule has 3 N–H and O–H groups in total. The Balaban J connectivity index is 1.91. The molecule has 0 radical (unpaired) electrons. The fourth-order valence-electron chi connectivity index (χ4n) is 2.99. The number of carbonyl (C=O) groups is 1. The molecule has 1 aromatic heterocycles. The molecule has 39 heavy (non-hydrogen) atoms. The van der Waals surface area contributed by atoms with Crippen LogP contribution in [0.4, 0.5) is 18.9 Å². The van der Waals surface area contributed by atoms with Crippen molar-refractivity contribution in [3.05, 3.63) is 68.0 Å². The first-order valence-electron chi connectivity index (χ1n) is 10.3. The van der Waals surface area contributed by atoms with Crippen molar-refractivity contribution < 1.29 is 35.7 Å². The van der Waals surface area contributed by atoms with Gasteiger partial charge in [-0.1, -0.05) is 40.9 Å². The van der Waals surface area contributed by atoms with Gasteiger partial charge in [-0.05, 0) is 55.0 Å². The molecule has 0 saturated heterocycles. The van der Waals surface area contributed by atoms with Gasteiger partial charge in [0.2, 0.25) is 0 Å². The van der Waals surface area contributed by atoms with Crippen molar-refractivity contribution in [2.24, 2.45) is 5.10 Å². The van der Waals surface area contributed by atoms with E-state index in [0.717, 1.165) is 11.3 Å². The van der Waals surface area contributed by atoms with Gasteiger partial charge in [0.05, 0.1) is 36.8 Å². The van der Waals surface area contributed by atoms with Crippen LogP contribution in [0.25, 0.3) is 10.4 Å². The maximum Gasteiger partial charge on any atom is 0.406 e. The van der Waals surface area contributed by atoms with E-state index in [4.69, 9.17) is 56.3 Å². The third-order valence-electron chi connectivity index (χ3n) is 4.65. The smallest absolute Gasteiger partial charge is 0.406 e. The van der Waals surface area contributed by atoms with E-state index in [0.29, 0.717) is 11.3 Å². The molecule has 0 aliphatic rings. The van der Waals surface area contributed by atoms with Gasteiger partial charge in [-0.15, -0.1) is 11.3 Å². The molecule has 3 aromatic rings. The third kappa shape index (κ3) is 8.43. The fourth-order valence-corrected chi connectivity index (χ4v) is 5.69. The first kappa shape index (κ1) is 30.9. The van der Waals surface area contributed by atoms with Gasteiger partial charge >= 0.3 is 22.3 Å². The van der Waals surface area contributed by atoms with Crippen molar-refractivity contribution in [2.45, 2.75) is 13.1 Å². The number of halogens is 6. The van der Waals surface area contributed by atoms with E-state index in [1.165, 1.54) is 48.7 Å². The Labute approximate surface area is 244 Å². The van der Waals surface area contributed by atoms with Crippen LogP contribution in [0.1, 0.15) is 22.8 Å². The van der Waals surface area contributed by atoms with Crippen molar-refractivity contribution in [2.75, 3.05) is 11.1 Å². The van der Waals surface area contributed by atoms with E-state index in [9.17, 15) is 26.4 Å². The molecule has 0 aliphatic heterocycles. The number of benzene rings is 2. The van der Waals surface area contributed by atoms with Gasteiger partial charge in [0.25, 0.3) is 0 Å². The highest BCUT2D eigenvalue weighted by Crippen LogP contribution is 2.42. The highest BCUT2D eigenvalue weighted by molar-refractivity contribution is 7.87. The number of carboxylic acids is 1. The quantitative estimate of drug-likeness (QED) is 0.102. The predicted octanol–water partition coefficient (Wildman–Crippen LogP) is 7.06. The van der Waals surface area contributed by atoms with Gasteiger partial charge in [0.1, 0.15) is 0 Å². The van der Waals surface area contributed by atoms with E-state index in [1.54, 1.807) is 0 Å². The number of carboxylic acid groups (broad SMARTS) is 1. The van der Waals surface area contributed by atoms with Crippen LogP contribution in [0, 0.1) is 0 Å². The van der Waals surface area contributed by atoms with E-state index in [1.807, 2.05) is 0 Å². The Morgan fingerprint density at radius 2 is 1.79 bits per heavy atom. The third-order valence-corrected chi connectivity index (χ3v) is 8.01. The second kappa shape index (κ2) is 12.3. The molecule has 17 heteroatoms. The monoisotopic (exact) mass is 659 g/mol. The summed E-state index contributed by atoms with van der Waals surface area (Å²) in [5.74, 6) is -3.80. The molecule has 0 spiro atoms. The van der Waals surface area contributed by atoms with E-state index in [-0.39, 0.29) is 47.6 Å². The second-order valence-electron chi connectivity index (χ2n) is 7.60. The summed E-state index contributed by atoms with van der Waals surface area (Å²) in [6.45, 7) is 1.44. The molecule has 208 valence electrons. The lowest BCUT2D eigenvalue weighted by Crippen LogP contribution is -2.27. The zero-order valence-corrected chi connectivity index (χ0v) is 24.0. The summed E-state index contributed by atoms with van der Waals surface area (Å²) in [5.41, 5.74) is 3.26. The van der Waals surface area contributed by atoms with Crippen molar-refractivity contribution in [3.8, 4) is 16.2 Å². The number of aromatic carboxylic acids is 1. The van der Waals surface area contributed by atoms with Gasteiger partial charge in [-0.3, -0.25) is 5.43 Å². The number of nitrogens with one attached hydrogen (secondary N) is 2. The normalized spacial score (nSPS) is 12.2. The molecule has 0 bridgehead atoms. The number of alkyl halides is 3. The number of hydrogen-bond acceptors (Lipinski definition) is 7. The van der Waals surface area contributed by atoms with E-state index >= 15 is 0 Å². The lowest BCUT2D eigenvalue weighted by Gasteiger charge is -2.13. The second-order valence-corrected chi connectivity index (χ2v) is 11.7. The van der Waals surface area contributed by atoms with Crippen molar-refractivity contribution >= 4 is 91.0 Å². The molecule has 2 aromatic carbocycles. The van der Waals surface area contributed by atoms with Gasteiger partial charge in [-0.2, -0.15) is 26.7 Å². The molecule has 0 aliphatic carbocycles. The summed E-state index contributed by atoms with van der Waals surface area (Å²) in [7, 11) is -5.10. The standard InChI is InChI=1S/C22H15Cl3F3N3O5S3/c1-10(30-31-21(37)29-12-3-4-13(20(32)33)16(24)7-12)14-8-38-19(11-2-5-15(23)17(25)6-11)18(14)36-39(34,35)9-22(26,27)28/h2-8H,9H2,1H3,(H,32,33)(H2,29,31,37). The Kier molecular flexibility index (Phi) is 9.73. The summed E-state index contributed by atoms with van der Waals surface area (Å²) in [5, 5.41) is 17.6. The highest BCUT2D eigenvalue weighted by atomic mass is 35.5. The van der Waals surface area contributed by atoms with Crippen LogP contribution in [0.2, 0.25) is 15.1 Å². The van der Waals surface area contributed by atoms with E-state index in [2.05, 4.69) is 15.8 Å². The maximum atomic E-state index is 12.9. The summed E-state index contributed by atoms with van der Waals surface area (Å²) in [6, 6.07) is 8.36. The highest BCUT2D eigenvalue weighted by Gasteiger charge is 2.37. The van der Waals surface area contributed by atoms with Crippen LogP contribution in [-0.2, 0) is 10.1 Å². The Morgan fingerprint density at radius 3 is 2.38 bits per heavy atom. The molecule has 3 rings (SSSR count). The molecule has 8 nitrogen and oxygen atoms in total. The number of anilines is 1. The van der Waals surface area contributed by atoms with Crippen molar-refractivity contribution in [1.82, 2.24) is 5.43 Å². The van der Waals surface area contributed by atoms with Crippen LogP contribution in [0.15, 0.2) is 46.9 Å². The van der Waals surface area contributed by atoms with Crippen LogP contribution in [0.3, 0.4) is 0 Å². The summed E-state index contributed by atoms with van der Waals surface area (Å²) >= 11 is 24.1. The molecular weight excluding hydrogens is 646 g/mol.